The summed E-state index contributed by atoms with van der Waals surface area (Å²) in [6, 6.07) is 0. The molecule has 104 valence electrons. The number of hydrogen-bond acceptors (Lipinski definition) is 4. The van der Waals surface area contributed by atoms with Crippen molar-refractivity contribution in [2.75, 3.05) is 19.6 Å². The van der Waals surface area contributed by atoms with Crippen molar-refractivity contribution in [1.29, 1.82) is 0 Å². The molecule has 0 aliphatic heterocycles. The van der Waals surface area contributed by atoms with E-state index in [0.717, 1.165) is 62.4 Å². The standard InChI is InChI=1S/C15H23N3O/c1-3-18(4-2)10-9-15-16-11-12-13(17-15)7-5-6-8-14(12)19/h11H,3-10H2,1-2H3. The van der Waals surface area contributed by atoms with Gasteiger partial charge in [-0.25, -0.2) is 9.97 Å². The Labute approximate surface area is 115 Å². The average Bonchev–Trinajstić information content (AvgIpc) is 2.62. The number of aryl methyl sites for hydroxylation is 1. The van der Waals surface area contributed by atoms with E-state index < -0.39 is 0 Å². The summed E-state index contributed by atoms with van der Waals surface area (Å²) < 4.78 is 0. The van der Waals surface area contributed by atoms with Crippen LogP contribution in [0.3, 0.4) is 0 Å². The minimum Gasteiger partial charge on any atom is -0.303 e. The minimum absolute atomic E-state index is 0.211. The molecule has 0 unspecified atom stereocenters. The molecule has 0 radical (unpaired) electrons. The summed E-state index contributed by atoms with van der Waals surface area (Å²) in [5, 5.41) is 0. The van der Waals surface area contributed by atoms with Crippen molar-refractivity contribution in [3.05, 3.63) is 23.3 Å². The second-order valence-corrected chi connectivity index (χ2v) is 5.05. The topological polar surface area (TPSA) is 46.1 Å². The summed E-state index contributed by atoms with van der Waals surface area (Å²) in [5.41, 5.74) is 1.72. The molecule has 1 aliphatic carbocycles. The lowest BCUT2D eigenvalue weighted by molar-refractivity contribution is 0.0981. The van der Waals surface area contributed by atoms with E-state index in [4.69, 9.17) is 0 Å². The zero-order valence-electron chi connectivity index (χ0n) is 12.0. The van der Waals surface area contributed by atoms with Crippen LogP contribution in [-0.2, 0) is 12.8 Å². The van der Waals surface area contributed by atoms with E-state index in [1.807, 2.05) is 0 Å². The van der Waals surface area contributed by atoms with Gasteiger partial charge in [0.05, 0.1) is 11.3 Å². The number of ketones is 1. The molecule has 0 amide bonds. The SMILES string of the molecule is CCN(CC)CCc1ncc2c(n1)CCCCC2=O. The van der Waals surface area contributed by atoms with Gasteiger partial charge in [-0.1, -0.05) is 13.8 Å². The Morgan fingerprint density at radius 1 is 1.21 bits per heavy atom. The maximum absolute atomic E-state index is 11.9. The van der Waals surface area contributed by atoms with Crippen molar-refractivity contribution >= 4 is 5.78 Å². The van der Waals surface area contributed by atoms with Gasteiger partial charge in [-0.3, -0.25) is 4.79 Å². The Bertz CT molecular complexity index is 441. The lowest BCUT2D eigenvalue weighted by Gasteiger charge is -2.17. The van der Waals surface area contributed by atoms with Gasteiger partial charge in [0, 0.05) is 25.6 Å². The highest BCUT2D eigenvalue weighted by Crippen LogP contribution is 2.18. The van der Waals surface area contributed by atoms with Crippen LogP contribution in [-0.4, -0.2) is 40.3 Å². The zero-order chi connectivity index (χ0) is 13.7. The number of aromatic nitrogens is 2. The van der Waals surface area contributed by atoms with Crippen LogP contribution in [0.15, 0.2) is 6.20 Å². The molecular formula is C15H23N3O. The van der Waals surface area contributed by atoms with Gasteiger partial charge in [0.25, 0.3) is 0 Å². The molecule has 0 aromatic carbocycles. The Morgan fingerprint density at radius 3 is 2.68 bits per heavy atom. The third-order valence-corrected chi connectivity index (χ3v) is 3.83. The largest absolute Gasteiger partial charge is 0.303 e. The van der Waals surface area contributed by atoms with E-state index in [1.54, 1.807) is 6.20 Å². The molecule has 19 heavy (non-hydrogen) atoms. The van der Waals surface area contributed by atoms with Gasteiger partial charge in [0.2, 0.25) is 0 Å². The van der Waals surface area contributed by atoms with Gasteiger partial charge in [-0.15, -0.1) is 0 Å². The van der Waals surface area contributed by atoms with E-state index in [-0.39, 0.29) is 5.78 Å². The van der Waals surface area contributed by atoms with Crippen molar-refractivity contribution in [2.45, 2.75) is 46.0 Å². The number of carbonyl (C=O) groups excluding carboxylic acids is 1. The number of Topliss-reactive ketones (excluding diaryl/α,β-unsaturated/α-hetero) is 1. The van der Waals surface area contributed by atoms with E-state index in [0.29, 0.717) is 6.42 Å². The van der Waals surface area contributed by atoms with Crippen molar-refractivity contribution in [3.8, 4) is 0 Å². The number of nitrogens with zero attached hydrogens (tertiary/aromatic N) is 3. The molecule has 1 aliphatic rings. The lowest BCUT2D eigenvalue weighted by Crippen LogP contribution is -2.26. The molecule has 0 spiro atoms. The Kier molecular flexibility index (Phi) is 5.02. The van der Waals surface area contributed by atoms with Crippen molar-refractivity contribution < 1.29 is 4.79 Å². The molecular weight excluding hydrogens is 238 g/mol. The predicted octanol–water partition coefficient (Wildman–Crippen LogP) is 2.27. The molecule has 0 N–H and O–H groups in total. The molecule has 1 aromatic rings. The fourth-order valence-electron chi connectivity index (χ4n) is 2.51. The Hall–Kier alpha value is -1.29. The maximum atomic E-state index is 11.9. The first-order chi connectivity index (χ1) is 9.24. The van der Waals surface area contributed by atoms with Gasteiger partial charge in [0.1, 0.15) is 5.82 Å². The molecule has 4 nitrogen and oxygen atoms in total. The summed E-state index contributed by atoms with van der Waals surface area (Å²) in [6.07, 6.45) is 6.21. The molecule has 0 saturated heterocycles. The molecule has 4 heteroatoms. The second-order valence-electron chi connectivity index (χ2n) is 5.05. The third kappa shape index (κ3) is 3.60. The molecule has 0 atom stereocenters. The van der Waals surface area contributed by atoms with Gasteiger partial charge in [-0.05, 0) is 32.4 Å². The van der Waals surface area contributed by atoms with Crippen LogP contribution in [0, 0.1) is 0 Å². The van der Waals surface area contributed by atoms with Gasteiger partial charge in [-0.2, -0.15) is 0 Å². The maximum Gasteiger partial charge on any atom is 0.166 e. The summed E-state index contributed by atoms with van der Waals surface area (Å²) in [5.74, 6) is 1.09. The smallest absolute Gasteiger partial charge is 0.166 e. The highest BCUT2D eigenvalue weighted by atomic mass is 16.1. The van der Waals surface area contributed by atoms with E-state index in [9.17, 15) is 4.79 Å². The fraction of sp³-hybridized carbons (Fsp3) is 0.667. The number of fused-ring (bicyclic) bond motifs is 1. The van der Waals surface area contributed by atoms with Crippen LogP contribution in [0.2, 0.25) is 0 Å². The van der Waals surface area contributed by atoms with Gasteiger partial charge in [0.15, 0.2) is 5.78 Å². The van der Waals surface area contributed by atoms with Gasteiger partial charge >= 0.3 is 0 Å². The predicted molar refractivity (Wildman–Crippen MR) is 75.4 cm³/mol. The minimum atomic E-state index is 0.211. The average molecular weight is 261 g/mol. The van der Waals surface area contributed by atoms with E-state index >= 15 is 0 Å². The Morgan fingerprint density at radius 2 is 1.95 bits per heavy atom. The number of rotatable bonds is 5. The van der Waals surface area contributed by atoms with Gasteiger partial charge < -0.3 is 4.90 Å². The first kappa shape index (κ1) is 14.1. The summed E-state index contributed by atoms with van der Waals surface area (Å²) >= 11 is 0. The normalized spacial score (nSPS) is 15.4. The molecule has 1 heterocycles. The van der Waals surface area contributed by atoms with Crippen LogP contribution in [0.5, 0.6) is 0 Å². The molecule has 0 saturated carbocycles. The second kappa shape index (κ2) is 6.75. The van der Waals surface area contributed by atoms with Crippen molar-refractivity contribution in [3.63, 3.8) is 0 Å². The van der Waals surface area contributed by atoms with E-state index in [2.05, 4.69) is 28.7 Å². The summed E-state index contributed by atoms with van der Waals surface area (Å²) in [6.45, 7) is 7.43. The number of carbonyl (C=O) groups is 1. The van der Waals surface area contributed by atoms with E-state index in [1.165, 1.54) is 0 Å². The summed E-state index contributed by atoms with van der Waals surface area (Å²) in [7, 11) is 0. The first-order valence-corrected chi connectivity index (χ1v) is 7.35. The number of likely N-dealkylation sites (N-methyl/N-ethyl adjacent to an activating group) is 1. The van der Waals surface area contributed by atoms with Crippen LogP contribution in [0.25, 0.3) is 0 Å². The fourth-order valence-corrected chi connectivity index (χ4v) is 2.51. The summed E-state index contributed by atoms with van der Waals surface area (Å²) in [4.78, 5) is 23.2. The first-order valence-electron chi connectivity index (χ1n) is 7.35. The quantitative estimate of drug-likeness (QED) is 0.763. The highest BCUT2D eigenvalue weighted by molar-refractivity contribution is 5.97. The molecule has 0 bridgehead atoms. The lowest BCUT2D eigenvalue weighted by atomic mass is 10.1. The van der Waals surface area contributed by atoms with Crippen LogP contribution in [0.4, 0.5) is 0 Å². The van der Waals surface area contributed by atoms with Crippen LogP contribution >= 0.6 is 0 Å². The highest BCUT2D eigenvalue weighted by Gasteiger charge is 2.17. The third-order valence-electron chi connectivity index (χ3n) is 3.83. The van der Waals surface area contributed by atoms with Crippen molar-refractivity contribution in [2.24, 2.45) is 0 Å². The van der Waals surface area contributed by atoms with Crippen LogP contribution in [0.1, 0.15) is 55.0 Å². The molecule has 0 fully saturated rings. The molecule has 2 rings (SSSR count). The Balaban J connectivity index is 2.08. The van der Waals surface area contributed by atoms with Crippen LogP contribution < -0.4 is 0 Å². The monoisotopic (exact) mass is 261 g/mol. The van der Waals surface area contributed by atoms with Crippen molar-refractivity contribution in [1.82, 2.24) is 14.9 Å². The number of hydrogen-bond donors (Lipinski definition) is 0. The molecule has 1 aromatic heterocycles. The zero-order valence-corrected chi connectivity index (χ0v) is 12.0.